The first-order valence-corrected chi connectivity index (χ1v) is 13.4. The molecular weight excluding hydrogens is 410 g/mol. The fourth-order valence-corrected chi connectivity index (χ4v) is 4.05. The van der Waals surface area contributed by atoms with Crippen LogP contribution in [0.3, 0.4) is 0 Å². The molecule has 4 nitrogen and oxygen atoms in total. The van der Waals surface area contributed by atoms with Crippen molar-refractivity contribution in [1.29, 1.82) is 0 Å². The molecule has 4 heteroatoms. The van der Waals surface area contributed by atoms with Crippen LogP contribution in [-0.2, 0) is 4.79 Å². The van der Waals surface area contributed by atoms with Gasteiger partial charge in [0.2, 0.25) is 5.91 Å². The number of para-hydroxylation sites is 1. The Labute approximate surface area is 202 Å². The summed E-state index contributed by atoms with van der Waals surface area (Å²) in [4.78, 5) is 23.3. The van der Waals surface area contributed by atoms with Crippen LogP contribution in [0.15, 0.2) is 36.4 Å². The van der Waals surface area contributed by atoms with Gasteiger partial charge < -0.3 is 10.4 Å². The number of carbonyl (C=O) groups excluding carboxylic acids is 1. The summed E-state index contributed by atoms with van der Waals surface area (Å²) in [5.74, 6) is -1.13. The Balaban J connectivity index is 1.87. The van der Waals surface area contributed by atoms with Crippen molar-refractivity contribution >= 4 is 17.6 Å². The average molecular weight is 458 g/mol. The zero-order chi connectivity index (χ0) is 24.0. The van der Waals surface area contributed by atoms with Crippen molar-refractivity contribution in [1.82, 2.24) is 0 Å². The highest BCUT2D eigenvalue weighted by Gasteiger charge is 2.11. The second-order valence-electron chi connectivity index (χ2n) is 9.15. The molecule has 1 aromatic carbocycles. The van der Waals surface area contributed by atoms with E-state index < -0.39 is 5.97 Å². The highest BCUT2D eigenvalue weighted by molar-refractivity contribution is 6.00. The Bertz CT molecular complexity index is 669. The summed E-state index contributed by atoms with van der Waals surface area (Å²) in [5.41, 5.74) is 0.512. The van der Waals surface area contributed by atoms with Crippen LogP contribution in [0, 0.1) is 0 Å². The molecular formula is C29H47NO3. The van der Waals surface area contributed by atoms with Crippen LogP contribution in [0.1, 0.15) is 133 Å². The van der Waals surface area contributed by atoms with Gasteiger partial charge in [-0.05, 0) is 44.2 Å². The number of aromatic carboxylic acids is 1. The van der Waals surface area contributed by atoms with Gasteiger partial charge in [-0.1, -0.05) is 108 Å². The minimum Gasteiger partial charge on any atom is -0.478 e. The Morgan fingerprint density at radius 3 is 1.76 bits per heavy atom. The molecule has 33 heavy (non-hydrogen) atoms. The fourth-order valence-electron chi connectivity index (χ4n) is 4.05. The second-order valence-corrected chi connectivity index (χ2v) is 9.15. The monoisotopic (exact) mass is 457 g/mol. The first kappa shape index (κ1) is 28.9. The molecule has 0 saturated carbocycles. The van der Waals surface area contributed by atoms with Crippen molar-refractivity contribution in [2.45, 2.75) is 122 Å². The zero-order valence-corrected chi connectivity index (χ0v) is 21.0. The van der Waals surface area contributed by atoms with E-state index in [9.17, 15) is 9.59 Å². The van der Waals surface area contributed by atoms with Crippen LogP contribution < -0.4 is 5.32 Å². The lowest BCUT2D eigenvalue weighted by Crippen LogP contribution is -2.14. The minimum absolute atomic E-state index is 0.107. The molecule has 0 aromatic heterocycles. The van der Waals surface area contributed by atoms with Gasteiger partial charge in [0, 0.05) is 6.42 Å². The quantitative estimate of drug-likeness (QED) is 0.143. The van der Waals surface area contributed by atoms with Crippen LogP contribution in [0.2, 0.25) is 0 Å². The number of carboxylic acid groups (broad SMARTS) is 1. The van der Waals surface area contributed by atoms with Crippen molar-refractivity contribution in [3.8, 4) is 0 Å². The molecule has 0 radical (unpaired) electrons. The second kappa shape index (κ2) is 20.5. The van der Waals surface area contributed by atoms with Crippen LogP contribution in [-0.4, -0.2) is 17.0 Å². The fraction of sp³-hybridized carbons (Fsp3) is 0.655. The summed E-state index contributed by atoms with van der Waals surface area (Å²) in [6.45, 7) is 2.27. The molecule has 186 valence electrons. The number of benzene rings is 1. The maximum Gasteiger partial charge on any atom is 0.337 e. The normalized spacial score (nSPS) is 11.2. The van der Waals surface area contributed by atoms with E-state index in [2.05, 4.69) is 24.4 Å². The highest BCUT2D eigenvalue weighted by Crippen LogP contribution is 2.16. The maximum atomic E-state index is 12.1. The predicted octanol–water partition coefficient (Wildman–Crippen LogP) is 8.92. The summed E-state index contributed by atoms with van der Waals surface area (Å²) in [6, 6.07) is 6.53. The van der Waals surface area contributed by atoms with Gasteiger partial charge in [-0.25, -0.2) is 4.79 Å². The average Bonchev–Trinajstić information content (AvgIpc) is 2.80. The number of unbranched alkanes of at least 4 members (excludes halogenated alkanes) is 15. The Kier molecular flexibility index (Phi) is 18.0. The Morgan fingerprint density at radius 1 is 0.727 bits per heavy atom. The van der Waals surface area contributed by atoms with Gasteiger partial charge in [0.1, 0.15) is 0 Å². The zero-order valence-electron chi connectivity index (χ0n) is 21.0. The van der Waals surface area contributed by atoms with Gasteiger partial charge in [-0.3, -0.25) is 4.79 Å². The van der Waals surface area contributed by atoms with Crippen molar-refractivity contribution < 1.29 is 14.7 Å². The van der Waals surface area contributed by atoms with Gasteiger partial charge in [-0.15, -0.1) is 0 Å². The van der Waals surface area contributed by atoms with Gasteiger partial charge in [0.25, 0.3) is 0 Å². The van der Waals surface area contributed by atoms with Crippen LogP contribution in [0.25, 0.3) is 0 Å². The Hall–Kier alpha value is -2.10. The minimum atomic E-state index is -1.02. The van der Waals surface area contributed by atoms with Crippen molar-refractivity contribution in [2.24, 2.45) is 0 Å². The van der Waals surface area contributed by atoms with E-state index in [0.29, 0.717) is 12.1 Å². The molecule has 0 heterocycles. The van der Waals surface area contributed by atoms with Crippen LogP contribution in [0.4, 0.5) is 5.69 Å². The molecule has 0 saturated heterocycles. The third-order valence-electron chi connectivity index (χ3n) is 6.10. The summed E-state index contributed by atoms with van der Waals surface area (Å²) in [7, 11) is 0. The number of hydrogen-bond donors (Lipinski definition) is 2. The lowest BCUT2D eigenvalue weighted by atomic mass is 10.1. The summed E-state index contributed by atoms with van der Waals surface area (Å²) in [6.07, 6.45) is 26.8. The molecule has 1 rings (SSSR count). The lowest BCUT2D eigenvalue weighted by molar-refractivity contribution is -0.116. The first-order valence-electron chi connectivity index (χ1n) is 13.4. The third kappa shape index (κ3) is 16.2. The van der Waals surface area contributed by atoms with E-state index >= 15 is 0 Å². The number of carboxylic acids is 1. The van der Waals surface area contributed by atoms with E-state index in [1.165, 1.54) is 102 Å². The Morgan fingerprint density at radius 2 is 1.21 bits per heavy atom. The molecule has 0 unspecified atom stereocenters. The van der Waals surface area contributed by atoms with Gasteiger partial charge in [-0.2, -0.15) is 0 Å². The van der Waals surface area contributed by atoms with E-state index in [4.69, 9.17) is 5.11 Å². The summed E-state index contributed by atoms with van der Waals surface area (Å²) < 4.78 is 0. The van der Waals surface area contributed by atoms with Crippen molar-refractivity contribution in [2.75, 3.05) is 5.32 Å². The third-order valence-corrected chi connectivity index (χ3v) is 6.10. The molecule has 1 aromatic rings. The summed E-state index contributed by atoms with van der Waals surface area (Å²) >= 11 is 0. The standard InChI is InChI=1S/C29H47NO3/c1-2-3-4-5-6-7-8-9-10-11-12-13-14-15-16-17-18-19-20-25-28(31)30-27-24-22-21-23-26(27)29(32)33/h9-10,21-24H,2-8,11-20,25H2,1H3,(H,30,31)(H,32,33). The van der Waals surface area contributed by atoms with Crippen molar-refractivity contribution in [3.05, 3.63) is 42.0 Å². The smallest absolute Gasteiger partial charge is 0.337 e. The topological polar surface area (TPSA) is 66.4 Å². The molecule has 0 spiro atoms. The molecule has 0 bridgehead atoms. The number of hydrogen-bond acceptors (Lipinski definition) is 2. The van der Waals surface area contributed by atoms with E-state index in [1.807, 2.05) is 0 Å². The lowest BCUT2D eigenvalue weighted by Gasteiger charge is -2.08. The summed E-state index contributed by atoms with van der Waals surface area (Å²) in [5, 5.41) is 11.9. The van der Waals surface area contributed by atoms with E-state index in [-0.39, 0.29) is 11.5 Å². The number of rotatable bonds is 21. The highest BCUT2D eigenvalue weighted by atomic mass is 16.4. The number of allylic oxidation sites excluding steroid dienone is 2. The van der Waals surface area contributed by atoms with Crippen molar-refractivity contribution in [3.63, 3.8) is 0 Å². The number of nitrogens with one attached hydrogen (secondary N) is 1. The van der Waals surface area contributed by atoms with Gasteiger partial charge in [0.15, 0.2) is 0 Å². The molecule has 0 aliphatic carbocycles. The number of anilines is 1. The number of carbonyl (C=O) groups is 2. The van der Waals surface area contributed by atoms with Gasteiger partial charge >= 0.3 is 5.97 Å². The molecule has 0 atom stereocenters. The van der Waals surface area contributed by atoms with Crippen LogP contribution >= 0.6 is 0 Å². The van der Waals surface area contributed by atoms with Crippen LogP contribution in [0.5, 0.6) is 0 Å². The van der Waals surface area contributed by atoms with Gasteiger partial charge in [0.05, 0.1) is 11.3 Å². The largest absolute Gasteiger partial charge is 0.478 e. The SMILES string of the molecule is CCCCCCCCC=CCCCCCCCCCCCC(=O)Nc1ccccc1C(=O)O. The number of amides is 1. The molecule has 0 aliphatic rings. The van der Waals surface area contributed by atoms with E-state index in [1.54, 1.807) is 18.2 Å². The molecule has 0 aliphatic heterocycles. The maximum absolute atomic E-state index is 12.1. The molecule has 1 amide bonds. The van der Waals surface area contributed by atoms with E-state index in [0.717, 1.165) is 12.8 Å². The first-order chi connectivity index (χ1) is 16.1. The predicted molar refractivity (Wildman–Crippen MR) is 140 cm³/mol. The molecule has 0 fully saturated rings. The molecule has 2 N–H and O–H groups in total.